The maximum Gasteiger partial charge on any atom is 0.224 e. The summed E-state index contributed by atoms with van der Waals surface area (Å²) in [5.41, 5.74) is 6.38. The highest BCUT2D eigenvalue weighted by atomic mass is 79.9. The molecule has 0 bridgehead atoms. The van der Waals surface area contributed by atoms with Crippen LogP contribution in [0.3, 0.4) is 0 Å². The molecule has 0 fully saturated rings. The molecule has 104 valence electrons. The molecule has 0 saturated heterocycles. The van der Waals surface area contributed by atoms with E-state index >= 15 is 0 Å². The van der Waals surface area contributed by atoms with Crippen LogP contribution in [-0.4, -0.2) is 23.0 Å². The zero-order valence-corrected chi connectivity index (χ0v) is 12.4. The Balaban J connectivity index is 2.54. The average molecular weight is 328 g/mol. The van der Waals surface area contributed by atoms with Gasteiger partial charge in [-0.25, -0.2) is 0 Å². The molecule has 0 radical (unpaired) electrons. The Hall–Kier alpha value is -1.56. The van der Waals surface area contributed by atoms with E-state index in [4.69, 9.17) is 10.9 Å². The minimum Gasteiger partial charge on any atom is -0.409 e. The van der Waals surface area contributed by atoms with Crippen LogP contribution >= 0.6 is 15.9 Å². The fourth-order valence-electron chi connectivity index (χ4n) is 1.70. The number of amidine groups is 1. The lowest BCUT2D eigenvalue weighted by Crippen LogP contribution is -2.38. The summed E-state index contributed by atoms with van der Waals surface area (Å²) in [4.78, 5) is 11.9. The van der Waals surface area contributed by atoms with E-state index in [0.29, 0.717) is 12.8 Å². The highest BCUT2D eigenvalue weighted by Gasteiger charge is 2.12. The summed E-state index contributed by atoms with van der Waals surface area (Å²) < 4.78 is 0.946. The summed E-state index contributed by atoms with van der Waals surface area (Å²) in [6.45, 7) is 1.94. The summed E-state index contributed by atoms with van der Waals surface area (Å²) in [6.07, 6.45) is 1.38. The van der Waals surface area contributed by atoms with Gasteiger partial charge in [-0.1, -0.05) is 40.1 Å². The van der Waals surface area contributed by atoms with Crippen LogP contribution < -0.4 is 11.1 Å². The number of carbonyl (C=O) groups is 1. The molecule has 1 aromatic rings. The van der Waals surface area contributed by atoms with Crippen molar-refractivity contribution in [1.82, 2.24) is 5.32 Å². The van der Waals surface area contributed by atoms with Crippen molar-refractivity contribution in [3.63, 3.8) is 0 Å². The Labute approximate surface area is 121 Å². The van der Waals surface area contributed by atoms with E-state index in [1.165, 1.54) is 0 Å². The fraction of sp³-hybridized carbons (Fsp3) is 0.385. The largest absolute Gasteiger partial charge is 0.409 e. The molecule has 1 unspecified atom stereocenters. The predicted molar refractivity (Wildman–Crippen MR) is 78.1 cm³/mol. The number of rotatable bonds is 6. The molecule has 0 aromatic heterocycles. The first kappa shape index (κ1) is 15.5. The number of oxime groups is 1. The zero-order valence-electron chi connectivity index (χ0n) is 10.8. The normalized spacial score (nSPS) is 13.1. The number of hydrogen-bond acceptors (Lipinski definition) is 3. The Kier molecular flexibility index (Phi) is 6.35. The fourth-order valence-corrected chi connectivity index (χ4v) is 2.15. The first-order valence-corrected chi connectivity index (χ1v) is 6.84. The first-order valence-electron chi connectivity index (χ1n) is 6.05. The van der Waals surface area contributed by atoms with Gasteiger partial charge in [-0.15, -0.1) is 0 Å². The summed E-state index contributed by atoms with van der Waals surface area (Å²) in [5, 5.41) is 14.3. The summed E-state index contributed by atoms with van der Waals surface area (Å²) in [6, 6.07) is 7.49. The van der Waals surface area contributed by atoms with Crippen LogP contribution in [0.25, 0.3) is 0 Å². The molecule has 1 rings (SSSR count). The maximum atomic E-state index is 11.9. The van der Waals surface area contributed by atoms with Crippen molar-refractivity contribution in [2.24, 2.45) is 10.9 Å². The third-order valence-electron chi connectivity index (χ3n) is 2.70. The quantitative estimate of drug-likeness (QED) is 0.323. The van der Waals surface area contributed by atoms with Crippen molar-refractivity contribution < 1.29 is 10.0 Å². The van der Waals surface area contributed by atoms with Crippen LogP contribution in [0.4, 0.5) is 0 Å². The van der Waals surface area contributed by atoms with Gasteiger partial charge in [-0.05, 0) is 24.1 Å². The van der Waals surface area contributed by atoms with Crippen molar-refractivity contribution >= 4 is 27.7 Å². The van der Waals surface area contributed by atoms with Gasteiger partial charge in [0.25, 0.3) is 0 Å². The predicted octanol–water partition coefficient (Wildman–Crippen LogP) is 2.02. The van der Waals surface area contributed by atoms with Crippen molar-refractivity contribution in [2.75, 3.05) is 0 Å². The molecule has 19 heavy (non-hydrogen) atoms. The molecule has 0 aliphatic rings. The number of nitrogens with zero attached hydrogens (tertiary/aromatic N) is 1. The van der Waals surface area contributed by atoms with Crippen LogP contribution in [0, 0.1) is 0 Å². The highest BCUT2D eigenvalue weighted by Crippen LogP contribution is 2.12. The Morgan fingerprint density at radius 2 is 2.32 bits per heavy atom. The summed E-state index contributed by atoms with van der Waals surface area (Å²) in [5.74, 6) is 0.0466. The number of carbonyl (C=O) groups excluding carboxylic acids is 1. The molecule has 0 aliphatic heterocycles. The highest BCUT2D eigenvalue weighted by molar-refractivity contribution is 9.10. The van der Waals surface area contributed by atoms with Gasteiger partial charge in [0.1, 0.15) is 5.84 Å². The zero-order chi connectivity index (χ0) is 14.3. The molecule has 0 saturated carbocycles. The van der Waals surface area contributed by atoms with Crippen LogP contribution in [0.15, 0.2) is 33.9 Å². The van der Waals surface area contributed by atoms with Crippen LogP contribution in [0.1, 0.15) is 25.3 Å². The lowest BCUT2D eigenvalue weighted by atomic mass is 10.1. The summed E-state index contributed by atoms with van der Waals surface area (Å²) in [7, 11) is 0. The van der Waals surface area contributed by atoms with E-state index in [9.17, 15) is 4.79 Å². The van der Waals surface area contributed by atoms with Crippen LogP contribution in [-0.2, 0) is 11.2 Å². The molecule has 1 atom stereocenters. The maximum absolute atomic E-state index is 11.9. The minimum atomic E-state index is -0.115. The van der Waals surface area contributed by atoms with E-state index in [1.54, 1.807) is 0 Å². The lowest BCUT2D eigenvalue weighted by Gasteiger charge is -2.16. The van der Waals surface area contributed by atoms with Crippen molar-refractivity contribution in [1.29, 1.82) is 0 Å². The Bertz CT molecular complexity index is 463. The van der Waals surface area contributed by atoms with Gasteiger partial charge in [-0.3, -0.25) is 4.79 Å². The first-order chi connectivity index (χ1) is 9.05. The standard InChI is InChI=1S/C13H18BrN3O2/c1-2-11(8-12(15)17-19)16-13(18)7-9-4-3-5-10(14)6-9/h3-6,11,19H,2,7-8H2,1H3,(H2,15,17)(H,16,18). The number of benzene rings is 1. The van der Waals surface area contributed by atoms with Gasteiger partial charge in [0, 0.05) is 16.9 Å². The second-order valence-corrected chi connectivity index (χ2v) is 5.19. The number of nitrogens with one attached hydrogen (secondary N) is 1. The molecule has 1 aromatic carbocycles. The van der Waals surface area contributed by atoms with Gasteiger partial charge >= 0.3 is 0 Å². The molecule has 6 heteroatoms. The second kappa shape index (κ2) is 7.78. The lowest BCUT2D eigenvalue weighted by molar-refractivity contribution is -0.121. The SMILES string of the molecule is CCC(CC(N)=NO)NC(=O)Cc1cccc(Br)c1. The molecule has 0 spiro atoms. The van der Waals surface area contributed by atoms with Gasteiger partial charge in [0.2, 0.25) is 5.91 Å². The van der Waals surface area contributed by atoms with Gasteiger partial charge < -0.3 is 16.3 Å². The number of hydrogen-bond donors (Lipinski definition) is 3. The molecular weight excluding hydrogens is 310 g/mol. The number of nitrogens with two attached hydrogens (primary N) is 1. The molecule has 1 amide bonds. The topological polar surface area (TPSA) is 87.7 Å². The number of halogens is 1. The van der Waals surface area contributed by atoms with Gasteiger partial charge in [0.05, 0.1) is 6.42 Å². The summed E-state index contributed by atoms with van der Waals surface area (Å²) >= 11 is 3.37. The Morgan fingerprint density at radius 1 is 1.58 bits per heavy atom. The van der Waals surface area contributed by atoms with Crippen molar-refractivity contribution in [2.45, 2.75) is 32.2 Å². The van der Waals surface area contributed by atoms with E-state index in [0.717, 1.165) is 16.5 Å². The second-order valence-electron chi connectivity index (χ2n) is 4.27. The van der Waals surface area contributed by atoms with Crippen molar-refractivity contribution in [3.05, 3.63) is 34.3 Å². The van der Waals surface area contributed by atoms with Crippen LogP contribution in [0.2, 0.25) is 0 Å². The van der Waals surface area contributed by atoms with E-state index in [2.05, 4.69) is 26.4 Å². The van der Waals surface area contributed by atoms with E-state index in [-0.39, 0.29) is 17.8 Å². The molecule has 0 aliphatic carbocycles. The number of amides is 1. The molecule has 5 nitrogen and oxygen atoms in total. The minimum absolute atomic E-state index is 0.0734. The average Bonchev–Trinajstić information content (AvgIpc) is 2.37. The van der Waals surface area contributed by atoms with Gasteiger partial charge in [-0.2, -0.15) is 0 Å². The van der Waals surface area contributed by atoms with E-state index < -0.39 is 0 Å². The molecular formula is C13H18BrN3O2. The van der Waals surface area contributed by atoms with E-state index in [1.807, 2.05) is 31.2 Å². The smallest absolute Gasteiger partial charge is 0.224 e. The monoisotopic (exact) mass is 327 g/mol. The van der Waals surface area contributed by atoms with Crippen LogP contribution in [0.5, 0.6) is 0 Å². The molecule has 4 N–H and O–H groups in total. The third kappa shape index (κ3) is 5.74. The van der Waals surface area contributed by atoms with Gasteiger partial charge in [0.15, 0.2) is 0 Å². The third-order valence-corrected chi connectivity index (χ3v) is 3.19. The molecule has 0 heterocycles. The van der Waals surface area contributed by atoms with Crippen molar-refractivity contribution in [3.8, 4) is 0 Å². The Morgan fingerprint density at radius 3 is 2.89 bits per heavy atom.